The first-order valence-electron chi connectivity index (χ1n) is 15.8. The van der Waals surface area contributed by atoms with Crippen molar-refractivity contribution in [1.82, 2.24) is 10.6 Å². The number of carbonyl (C=O) groups excluding carboxylic acids is 2. The summed E-state index contributed by atoms with van der Waals surface area (Å²) < 4.78 is 26.5. The zero-order valence-corrected chi connectivity index (χ0v) is 27.7. The Labute approximate surface area is 267 Å². The number of carbonyl (C=O) groups is 2. The van der Waals surface area contributed by atoms with Gasteiger partial charge in [-0.25, -0.2) is 8.42 Å². The maximum Gasteiger partial charge on any atom is 0.224 e. The minimum absolute atomic E-state index is 0.00599. The van der Waals surface area contributed by atoms with Crippen LogP contribution in [0.25, 0.3) is 0 Å². The molecule has 1 fully saturated rings. The summed E-state index contributed by atoms with van der Waals surface area (Å²) in [5, 5.41) is 27.8. The van der Waals surface area contributed by atoms with E-state index in [-0.39, 0.29) is 29.7 Å². The van der Waals surface area contributed by atoms with Crippen molar-refractivity contribution in [2.45, 2.75) is 95.3 Å². The number of sulfone groups is 1. The Hall–Kier alpha value is -2.46. The molecule has 1 aliphatic carbocycles. The lowest BCUT2D eigenvalue weighted by Crippen LogP contribution is -2.52. The fraction of sp³-hybridized carbons (Fsp3) is 0.588. The van der Waals surface area contributed by atoms with Gasteiger partial charge in [0, 0.05) is 11.6 Å². The van der Waals surface area contributed by atoms with Gasteiger partial charge in [0.25, 0.3) is 0 Å². The second-order valence-electron chi connectivity index (χ2n) is 12.8. The second kappa shape index (κ2) is 17.3. The molecule has 4 N–H and O–H groups in total. The van der Waals surface area contributed by atoms with Crippen LogP contribution in [0.1, 0.15) is 71.3 Å². The van der Waals surface area contributed by atoms with Gasteiger partial charge >= 0.3 is 0 Å². The molecule has 0 bridgehead atoms. The van der Waals surface area contributed by atoms with E-state index in [1.165, 1.54) is 18.6 Å². The smallest absolute Gasteiger partial charge is 0.224 e. The highest BCUT2D eigenvalue weighted by Crippen LogP contribution is 2.29. The second-order valence-corrected chi connectivity index (χ2v) is 15.3. The quantitative estimate of drug-likeness (QED) is 0.204. The number of benzene rings is 2. The highest BCUT2D eigenvalue weighted by molar-refractivity contribution is 7.91. The number of hydrogen-bond donors (Lipinski definition) is 4. The predicted molar refractivity (Wildman–Crippen MR) is 174 cm³/mol. The van der Waals surface area contributed by atoms with Crippen LogP contribution >= 0.6 is 11.6 Å². The number of amides is 2. The summed E-state index contributed by atoms with van der Waals surface area (Å²) in [5.41, 5.74) is 0.819. The predicted octanol–water partition coefficient (Wildman–Crippen LogP) is 4.95. The summed E-state index contributed by atoms with van der Waals surface area (Å²) in [6.45, 7) is 5.62. The normalized spacial score (nSPS) is 17.8. The van der Waals surface area contributed by atoms with Gasteiger partial charge in [0.05, 0.1) is 34.6 Å². The summed E-state index contributed by atoms with van der Waals surface area (Å²) in [4.78, 5) is 26.8. The number of aliphatic hydroxyl groups excluding tert-OH is 2. The van der Waals surface area contributed by atoms with E-state index in [1.54, 1.807) is 19.1 Å². The Balaban J connectivity index is 1.68. The van der Waals surface area contributed by atoms with Gasteiger partial charge in [-0.1, -0.05) is 101 Å². The van der Waals surface area contributed by atoms with Crippen LogP contribution in [-0.4, -0.2) is 61.0 Å². The molecule has 0 aromatic heterocycles. The number of hydrogen-bond acceptors (Lipinski definition) is 6. The van der Waals surface area contributed by atoms with Gasteiger partial charge < -0.3 is 20.8 Å². The van der Waals surface area contributed by atoms with E-state index >= 15 is 0 Å². The van der Waals surface area contributed by atoms with Gasteiger partial charge in [-0.2, -0.15) is 0 Å². The molecule has 0 saturated heterocycles. The molecule has 2 amide bonds. The molecule has 0 unspecified atom stereocenters. The first kappa shape index (κ1) is 36.0. The zero-order chi connectivity index (χ0) is 32.3. The van der Waals surface area contributed by atoms with E-state index in [1.807, 2.05) is 44.2 Å². The van der Waals surface area contributed by atoms with Crippen molar-refractivity contribution >= 4 is 33.3 Å². The summed E-state index contributed by atoms with van der Waals surface area (Å²) in [7, 11) is -3.83. The van der Waals surface area contributed by atoms with Crippen molar-refractivity contribution in [1.29, 1.82) is 0 Å². The van der Waals surface area contributed by atoms with Gasteiger partial charge in [-0.05, 0) is 54.9 Å². The Morgan fingerprint density at radius 2 is 1.64 bits per heavy atom. The van der Waals surface area contributed by atoms with Crippen LogP contribution in [0.2, 0.25) is 5.02 Å². The lowest BCUT2D eigenvalue weighted by atomic mass is 9.82. The van der Waals surface area contributed by atoms with Crippen molar-refractivity contribution in [3.63, 3.8) is 0 Å². The van der Waals surface area contributed by atoms with E-state index in [4.69, 9.17) is 11.6 Å². The lowest BCUT2D eigenvalue weighted by Gasteiger charge is -2.33. The zero-order valence-electron chi connectivity index (χ0n) is 26.1. The molecule has 0 aliphatic heterocycles. The summed E-state index contributed by atoms with van der Waals surface area (Å²) in [6.07, 6.45) is 4.65. The third-order valence-corrected chi connectivity index (χ3v) is 10.5. The van der Waals surface area contributed by atoms with E-state index in [0.717, 1.165) is 31.2 Å². The number of halogens is 1. The Kier molecular flexibility index (Phi) is 14.2. The van der Waals surface area contributed by atoms with Crippen LogP contribution in [0.3, 0.4) is 0 Å². The summed E-state index contributed by atoms with van der Waals surface area (Å²) in [5.74, 6) is -2.22. The fourth-order valence-electron chi connectivity index (χ4n) is 5.92. The molecule has 2 aromatic carbocycles. The average molecular weight is 649 g/mol. The van der Waals surface area contributed by atoms with Gasteiger partial charge in [0.1, 0.15) is 6.10 Å². The van der Waals surface area contributed by atoms with Crippen LogP contribution in [-0.2, 0) is 25.8 Å². The first-order chi connectivity index (χ1) is 20.9. The topological polar surface area (TPSA) is 133 Å². The standard InChI is InChI=1S/C34H49ClN2O6S/c1-23(2)17-31(38)32(39)30(19-26-13-8-5-9-14-26)37-33(40)24(3)21-36-34(41)27(18-25-11-6-4-7-12-25)22-44(42,43)29-16-10-15-28(35)20-29/h4,6-7,10-12,15-16,20,23-24,26-27,30-32,38-39H,5,8-9,13-14,17-19,21-22H2,1-3H3,(H,36,41)(H,37,40)/t24-,27-,30+,31+,32-/m1/s1. The molecule has 1 aliphatic rings. The van der Waals surface area contributed by atoms with Crippen molar-refractivity contribution in [3.8, 4) is 0 Å². The van der Waals surface area contributed by atoms with Crippen LogP contribution in [0.15, 0.2) is 59.5 Å². The molecule has 8 nitrogen and oxygen atoms in total. The molecule has 0 heterocycles. The third-order valence-electron chi connectivity index (χ3n) is 8.46. The maximum atomic E-state index is 13.4. The van der Waals surface area contributed by atoms with E-state index in [0.29, 0.717) is 23.8 Å². The highest BCUT2D eigenvalue weighted by Gasteiger charge is 2.33. The molecule has 10 heteroatoms. The lowest BCUT2D eigenvalue weighted by molar-refractivity contribution is -0.128. The third kappa shape index (κ3) is 11.5. The van der Waals surface area contributed by atoms with Crippen LogP contribution in [0.4, 0.5) is 0 Å². The Morgan fingerprint density at radius 1 is 0.955 bits per heavy atom. The number of nitrogens with one attached hydrogen (secondary N) is 2. The van der Waals surface area contributed by atoms with Gasteiger partial charge in [-0.15, -0.1) is 0 Å². The maximum absolute atomic E-state index is 13.4. The molecule has 244 valence electrons. The Bertz CT molecular complexity index is 1300. The molecule has 44 heavy (non-hydrogen) atoms. The van der Waals surface area contributed by atoms with Gasteiger partial charge in [0.2, 0.25) is 11.8 Å². The molecule has 5 atom stereocenters. The van der Waals surface area contributed by atoms with E-state index in [2.05, 4.69) is 10.6 Å². The highest BCUT2D eigenvalue weighted by atomic mass is 35.5. The molecule has 0 spiro atoms. The van der Waals surface area contributed by atoms with Crippen molar-refractivity contribution < 1.29 is 28.2 Å². The number of rotatable bonds is 16. The van der Waals surface area contributed by atoms with Gasteiger partial charge in [0.15, 0.2) is 9.84 Å². The van der Waals surface area contributed by atoms with Crippen molar-refractivity contribution in [2.24, 2.45) is 23.7 Å². The average Bonchev–Trinajstić information content (AvgIpc) is 2.99. The molecule has 1 saturated carbocycles. The van der Waals surface area contributed by atoms with Gasteiger partial charge in [-0.3, -0.25) is 9.59 Å². The minimum Gasteiger partial charge on any atom is -0.390 e. The molecule has 3 rings (SSSR count). The molecular weight excluding hydrogens is 600 g/mol. The van der Waals surface area contributed by atoms with E-state index < -0.39 is 51.6 Å². The molecule has 0 radical (unpaired) electrons. The number of aliphatic hydroxyl groups is 2. The Morgan fingerprint density at radius 3 is 2.27 bits per heavy atom. The minimum atomic E-state index is -3.83. The molecule has 2 aromatic rings. The van der Waals surface area contributed by atoms with Crippen LogP contribution in [0.5, 0.6) is 0 Å². The monoisotopic (exact) mass is 648 g/mol. The van der Waals surface area contributed by atoms with Crippen molar-refractivity contribution in [3.05, 3.63) is 65.2 Å². The van der Waals surface area contributed by atoms with Crippen LogP contribution < -0.4 is 10.6 Å². The summed E-state index contributed by atoms with van der Waals surface area (Å²) in [6, 6.07) is 14.6. The van der Waals surface area contributed by atoms with E-state index in [9.17, 15) is 28.2 Å². The van der Waals surface area contributed by atoms with Crippen LogP contribution in [0, 0.1) is 23.7 Å². The largest absolute Gasteiger partial charge is 0.390 e. The fourth-order valence-corrected chi connectivity index (χ4v) is 7.76. The first-order valence-corrected chi connectivity index (χ1v) is 17.8. The SMILES string of the molecule is CC(C)C[C@H](O)[C@H](O)[C@H](CC1CCCCC1)NC(=O)[C@H](C)CNC(=O)[C@H](Cc1ccccc1)CS(=O)(=O)c1cccc(Cl)c1. The summed E-state index contributed by atoms with van der Waals surface area (Å²) >= 11 is 6.03. The molecular formula is C34H49ClN2O6S. The van der Waals surface area contributed by atoms with Crippen molar-refractivity contribution in [2.75, 3.05) is 12.3 Å².